The molecule has 1 aromatic rings. The molecule has 114 valence electrons. The fourth-order valence-corrected chi connectivity index (χ4v) is 3.83. The van der Waals surface area contributed by atoms with E-state index in [-0.39, 0.29) is 18.1 Å². The van der Waals surface area contributed by atoms with Gasteiger partial charge in [0, 0.05) is 12.6 Å². The van der Waals surface area contributed by atoms with Crippen molar-refractivity contribution in [3.05, 3.63) is 35.6 Å². The molecule has 2 fully saturated rings. The number of hydrogen-bond acceptors (Lipinski definition) is 2. The molecule has 3 rings (SSSR count). The second kappa shape index (κ2) is 6.14. The molecule has 0 aromatic heterocycles. The highest BCUT2D eigenvalue weighted by Gasteiger charge is 2.38. The average Bonchev–Trinajstić information content (AvgIpc) is 2.91. The smallest absolute Gasteiger partial charge is 0.225 e. The average molecular weight is 291 g/mol. The molecular formula is C17H22FNO2. The predicted octanol–water partition coefficient (Wildman–Crippen LogP) is 3.04. The molecule has 2 aliphatic rings. The van der Waals surface area contributed by atoms with Crippen LogP contribution >= 0.6 is 0 Å². The molecule has 4 heteroatoms. The van der Waals surface area contributed by atoms with E-state index in [9.17, 15) is 14.3 Å². The van der Waals surface area contributed by atoms with Crippen molar-refractivity contribution in [3.63, 3.8) is 0 Å². The fourth-order valence-electron chi connectivity index (χ4n) is 3.83. The van der Waals surface area contributed by atoms with Gasteiger partial charge in [-0.25, -0.2) is 4.39 Å². The van der Waals surface area contributed by atoms with E-state index in [1.165, 1.54) is 31.4 Å². The van der Waals surface area contributed by atoms with Crippen molar-refractivity contribution in [1.29, 1.82) is 0 Å². The summed E-state index contributed by atoms with van der Waals surface area (Å²) in [6.07, 6.45) is 5.00. The maximum atomic E-state index is 13.2. The summed E-state index contributed by atoms with van der Waals surface area (Å²) in [5, 5.41) is 10.2. The molecule has 1 saturated heterocycles. The Hall–Kier alpha value is -1.42. The van der Waals surface area contributed by atoms with Crippen LogP contribution in [0.1, 0.15) is 50.2 Å². The monoisotopic (exact) mass is 291 g/mol. The lowest BCUT2D eigenvalue weighted by Crippen LogP contribution is -2.39. The number of amides is 1. The van der Waals surface area contributed by atoms with Crippen LogP contribution in [0.4, 0.5) is 4.39 Å². The SMILES string of the molecule is O=C(CC(O)c1cccc(F)c1)N1CCC2CCCCC21. The van der Waals surface area contributed by atoms with Crippen LogP contribution in [0.25, 0.3) is 0 Å². The van der Waals surface area contributed by atoms with E-state index in [0.717, 1.165) is 19.4 Å². The third kappa shape index (κ3) is 3.10. The molecule has 21 heavy (non-hydrogen) atoms. The Bertz CT molecular complexity index is 519. The van der Waals surface area contributed by atoms with Crippen molar-refractivity contribution >= 4 is 5.91 Å². The highest BCUT2D eigenvalue weighted by Crippen LogP contribution is 2.36. The number of rotatable bonds is 3. The number of aliphatic hydroxyl groups is 1. The molecule has 1 aliphatic carbocycles. The van der Waals surface area contributed by atoms with Crippen molar-refractivity contribution in [1.82, 2.24) is 4.90 Å². The summed E-state index contributed by atoms with van der Waals surface area (Å²) in [6, 6.07) is 6.22. The number of carbonyl (C=O) groups is 1. The van der Waals surface area contributed by atoms with Crippen LogP contribution in [0.15, 0.2) is 24.3 Å². The predicted molar refractivity (Wildman–Crippen MR) is 78.1 cm³/mol. The van der Waals surface area contributed by atoms with Crippen molar-refractivity contribution < 1.29 is 14.3 Å². The Labute approximate surface area is 124 Å². The second-order valence-electron chi connectivity index (χ2n) is 6.26. The van der Waals surface area contributed by atoms with Gasteiger partial charge in [-0.15, -0.1) is 0 Å². The van der Waals surface area contributed by atoms with E-state index in [1.807, 2.05) is 4.90 Å². The number of halogens is 1. The number of likely N-dealkylation sites (tertiary alicyclic amines) is 1. The summed E-state index contributed by atoms with van der Waals surface area (Å²) in [4.78, 5) is 14.4. The van der Waals surface area contributed by atoms with E-state index >= 15 is 0 Å². The molecule has 1 saturated carbocycles. The van der Waals surface area contributed by atoms with Crippen molar-refractivity contribution in [3.8, 4) is 0 Å². The number of aliphatic hydroxyl groups excluding tert-OH is 1. The summed E-state index contributed by atoms with van der Waals surface area (Å²) in [5.74, 6) is 0.266. The summed E-state index contributed by atoms with van der Waals surface area (Å²) < 4.78 is 13.2. The molecule has 1 N–H and O–H groups in total. The normalized spacial score (nSPS) is 26.5. The minimum Gasteiger partial charge on any atom is -0.388 e. The molecule has 3 atom stereocenters. The first-order valence-corrected chi connectivity index (χ1v) is 7.88. The van der Waals surface area contributed by atoms with E-state index < -0.39 is 6.10 Å². The number of benzene rings is 1. The molecule has 3 unspecified atom stereocenters. The molecular weight excluding hydrogens is 269 g/mol. The first-order chi connectivity index (χ1) is 10.1. The largest absolute Gasteiger partial charge is 0.388 e. The number of carbonyl (C=O) groups excluding carboxylic acids is 1. The van der Waals surface area contributed by atoms with Crippen LogP contribution in [-0.2, 0) is 4.79 Å². The lowest BCUT2D eigenvalue weighted by Gasteiger charge is -2.32. The maximum Gasteiger partial charge on any atom is 0.225 e. The Morgan fingerprint density at radius 1 is 1.33 bits per heavy atom. The van der Waals surface area contributed by atoms with Gasteiger partial charge in [-0.2, -0.15) is 0 Å². The van der Waals surface area contributed by atoms with Gasteiger partial charge in [0.2, 0.25) is 5.91 Å². The summed E-state index contributed by atoms with van der Waals surface area (Å²) in [6.45, 7) is 0.810. The van der Waals surface area contributed by atoms with E-state index in [2.05, 4.69) is 0 Å². The van der Waals surface area contributed by atoms with Gasteiger partial charge in [0.05, 0.1) is 12.5 Å². The quantitative estimate of drug-likeness (QED) is 0.930. The van der Waals surface area contributed by atoms with Crippen LogP contribution in [0, 0.1) is 11.7 Å². The molecule has 3 nitrogen and oxygen atoms in total. The third-order valence-corrected chi connectivity index (χ3v) is 4.93. The molecule has 1 aromatic carbocycles. The first-order valence-electron chi connectivity index (χ1n) is 7.88. The number of hydrogen-bond donors (Lipinski definition) is 1. The Morgan fingerprint density at radius 3 is 2.95 bits per heavy atom. The molecule has 1 amide bonds. The molecule has 1 aliphatic heterocycles. The van der Waals surface area contributed by atoms with Gasteiger partial charge in [0.1, 0.15) is 5.82 Å². The zero-order valence-corrected chi connectivity index (χ0v) is 12.2. The molecule has 0 spiro atoms. The van der Waals surface area contributed by atoms with Crippen molar-refractivity contribution in [2.45, 2.75) is 50.7 Å². The minimum atomic E-state index is -0.921. The standard InChI is InChI=1S/C17H22FNO2/c18-14-6-3-5-13(10-14)16(20)11-17(21)19-9-8-12-4-1-2-7-15(12)19/h3,5-6,10,12,15-16,20H,1-2,4,7-9,11H2. The van der Waals surface area contributed by atoms with Gasteiger partial charge in [-0.05, 0) is 42.9 Å². The fraction of sp³-hybridized carbons (Fsp3) is 0.588. The van der Waals surface area contributed by atoms with Crippen LogP contribution in [0.2, 0.25) is 0 Å². The maximum absolute atomic E-state index is 13.2. The topological polar surface area (TPSA) is 40.5 Å². The zero-order chi connectivity index (χ0) is 14.8. The number of fused-ring (bicyclic) bond motifs is 1. The molecule has 0 radical (unpaired) electrons. The summed E-state index contributed by atoms with van der Waals surface area (Å²) >= 11 is 0. The first kappa shape index (κ1) is 14.5. The minimum absolute atomic E-state index is 0.00108. The summed E-state index contributed by atoms with van der Waals surface area (Å²) in [7, 11) is 0. The second-order valence-corrected chi connectivity index (χ2v) is 6.26. The van der Waals surface area contributed by atoms with Gasteiger partial charge in [0.15, 0.2) is 0 Å². The summed E-state index contributed by atoms with van der Waals surface area (Å²) in [5.41, 5.74) is 0.475. The van der Waals surface area contributed by atoms with Crippen LogP contribution in [-0.4, -0.2) is 28.5 Å². The lowest BCUT2D eigenvalue weighted by atomic mass is 9.85. The van der Waals surface area contributed by atoms with Crippen LogP contribution in [0.5, 0.6) is 0 Å². The lowest BCUT2D eigenvalue weighted by molar-refractivity contribution is -0.134. The van der Waals surface area contributed by atoms with E-state index in [0.29, 0.717) is 17.5 Å². The number of nitrogens with zero attached hydrogens (tertiary/aromatic N) is 1. The van der Waals surface area contributed by atoms with Crippen LogP contribution in [0.3, 0.4) is 0 Å². The highest BCUT2D eigenvalue weighted by molar-refractivity contribution is 5.77. The van der Waals surface area contributed by atoms with Crippen molar-refractivity contribution in [2.24, 2.45) is 5.92 Å². The van der Waals surface area contributed by atoms with E-state index in [1.54, 1.807) is 12.1 Å². The zero-order valence-electron chi connectivity index (χ0n) is 12.2. The van der Waals surface area contributed by atoms with Gasteiger partial charge in [-0.3, -0.25) is 4.79 Å². The van der Waals surface area contributed by atoms with Gasteiger partial charge in [-0.1, -0.05) is 25.0 Å². The Balaban J connectivity index is 1.63. The third-order valence-electron chi connectivity index (χ3n) is 4.93. The Kier molecular flexibility index (Phi) is 4.24. The Morgan fingerprint density at radius 2 is 2.14 bits per heavy atom. The van der Waals surface area contributed by atoms with Gasteiger partial charge in [0.25, 0.3) is 0 Å². The van der Waals surface area contributed by atoms with Gasteiger partial charge < -0.3 is 10.0 Å². The molecule has 1 heterocycles. The van der Waals surface area contributed by atoms with E-state index in [4.69, 9.17) is 0 Å². The van der Waals surface area contributed by atoms with Crippen LogP contribution < -0.4 is 0 Å². The van der Waals surface area contributed by atoms with Crippen molar-refractivity contribution in [2.75, 3.05) is 6.54 Å². The highest BCUT2D eigenvalue weighted by atomic mass is 19.1. The molecule has 0 bridgehead atoms. The van der Waals surface area contributed by atoms with Gasteiger partial charge >= 0.3 is 0 Å².